The average molecular weight is 363 g/mol. The van der Waals surface area contributed by atoms with E-state index in [2.05, 4.69) is 43.2 Å². The van der Waals surface area contributed by atoms with Crippen LogP contribution in [0.2, 0.25) is 0 Å². The molecule has 0 atom stereocenters. The molecular weight excluding hydrogens is 350 g/mol. The van der Waals surface area contributed by atoms with Gasteiger partial charge in [0.15, 0.2) is 5.16 Å². The largest absolute Gasteiger partial charge is 0.254 e. The number of H-pyrrole nitrogens is 1. The third-order valence-electron chi connectivity index (χ3n) is 3.93. The van der Waals surface area contributed by atoms with Gasteiger partial charge in [-0.3, -0.25) is 4.40 Å². The molecule has 7 heteroatoms. The summed E-state index contributed by atoms with van der Waals surface area (Å²) >= 11 is 3.34. The second kappa shape index (κ2) is 6.02. The van der Waals surface area contributed by atoms with Crippen LogP contribution in [0.25, 0.3) is 27.4 Å². The maximum atomic E-state index is 4.74. The van der Waals surface area contributed by atoms with Crippen molar-refractivity contribution in [1.29, 1.82) is 0 Å². The number of benzene rings is 2. The molecule has 3 aromatic heterocycles. The Kier molecular flexibility index (Phi) is 3.53. The highest BCUT2D eigenvalue weighted by atomic mass is 32.2. The van der Waals surface area contributed by atoms with E-state index in [9.17, 15) is 0 Å². The molecule has 0 aliphatic rings. The zero-order chi connectivity index (χ0) is 16.6. The summed E-state index contributed by atoms with van der Waals surface area (Å²) in [6.45, 7) is 0. The maximum absolute atomic E-state index is 4.74. The lowest BCUT2D eigenvalue weighted by molar-refractivity contribution is 0.939. The Labute approximate surface area is 151 Å². The molecule has 1 N–H and O–H groups in total. The first-order chi connectivity index (χ1) is 12.4. The van der Waals surface area contributed by atoms with Gasteiger partial charge in [-0.05, 0) is 12.1 Å². The van der Waals surface area contributed by atoms with E-state index in [4.69, 9.17) is 4.98 Å². The fourth-order valence-corrected chi connectivity index (χ4v) is 4.54. The molecule has 25 heavy (non-hydrogen) atoms. The molecule has 0 unspecified atom stereocenters. The Bertz CT molecular complexity index is 1160. The number of aromatic amines is 1. The van der Waals surface area contributed by atoms with Gasteiger partial charge in [-0.1, -0.05) is 54.2 Å². The Morgan fingerprint density at radius 3 is 2.76 bits per heavy atom. The van der Waals surface area contributed by atoms with Gasteiger partial charge in [-0.15, -0.1) is 16.4 Å². The highest BCUT2D eigenvalue weighted by Gasteiger charge is 2.13. The molecular formula is C18H13N5S2. The number of imidazole rings is 1. The first-order valence-corrected chi connectivity index (χ1v) is 9.69. The maximum Gasteiger partial charge on any atom is 0.231 e. The topological polar surface area (TPSA) is 58.9 Å². The normalized spacial score (nSPS) is 11.5. The molecule has 0 spiro atoms. The quantitative estimate of drug-likeness (QED) is 0.473. The molecule has 0 aliphatic carbocycles. The minimum atomic E-state index is 0.770. The fourth-order valence-electron chi connectivity index (χ4n) is 2.76. The van der Waals surface area contributed by atoms with E-state index in [1.165, 1.54) is 0 Å². The summed E-state index contributed by atoms with van der Waals surface area (Å²) in [4.78, 5) is 9.30. The molecule has 0 saturated carbocycles. The van der Waals surface area contributed by atoms with Crippen LogP contribution < -0.4 is 0 Å². The molecule has 5 rings (SSSR count). The van der Waals surface area contributed by atoms with E-state index in [0.29, 0.717) is 0 Å². The highest BCUT2D eigenvalue weighted by molar-refractivity contribution is 7.98. The molecule has 3 heterocycles. The van der Waals surface area contributed by atoms with Crippen LogP contribution in [0.5, 0.6) is 0 Å². The van der Waals surface area contributed by atoms with E-state index in [-0.39, 0.29) is 0 Å². The van der Waals surface area contributed by atoms with Crippen LogP contribution in [0.3, 0.4) is 0 Å². The van der Waals surface area contributed by atoms with Crippen LogP contribution in [0, 0.1) is 0 Å². The number of nitrogens with zero attached hydrogens (tertiary/aromatic N) is 4. The minimum absolute atomic E-state index is 0.770. The first kappa shape index (κ1) is 14.7. The lowest BCUT2D eigenvalue weighted by atomic mass is 10.2. The number of thioether (sulfide) groups is 1. The van der Waals surface area contributed by atoms with Crippen molar-refractivity contribution in [1.82, 2.24) is 24.6 Å². The van der Waals surface area contributed by atoms with E-state index in [1.54, 1.807) is 23.1 Å². The van der Waals surface area contributed by atoms with E-state index in [1.807, 2.05) is 36.4 Å². The van der Waals surface area contributed by atoms with Crippen molar-refractivity contribution in [2.45, 2.75) is 10.9 Å². The van der Waals surface area contributed by atoms with E-state index < -0.39 is 0 Å². The van der Waals surface area contributed by atoms with Crippen LogP contribution >= 0.6 is 23.1 Å². The fraction of sp³-hybridized carbons (Fsp3) is 0.0556. The summed E-state index contributed by atoms with van der Waals surface area (Å²) in [5.74, 6) is 1.54. The van der Waals surface area contributed by atoms with Gasteiger partial charge < -0.3 is 0 Å². The van der Waals surface area contributed by atoms with Gasteiger partial charge in [0.2, 0.25) is 5.78 Å². The Morgan fingerprint density at radius 2 is 1.84 bits per heavy atom. The van der Waals surface area contributed by atoms with E-state index >= 15 is 0 Å². The molecule has 0 amide bonds. The smallest absolute Gasteiger partial charge is 0.231 e. The summed E-state index contributed by atoms with van der Waals surface area (Å²) in [6, 6.07) is 18.4. The molecule has 2 aromatic carbocycles. The molecule has 0 radical (unpaired) electrons. The summed E-state index contributed by atoms with van der Waals surface area (Å²) in [7, 11) is 0. The number of hydrogen-bond donors (Lipinski definition) is 1. The number of aromatic nitrogens is 5. The van der Waals surface area contributed by atoms with Crippen LogP contribution in [0.1, 0.15) is 5.69 Å². The molecule has 0 bridgehead atoms. The number of rotatable bonds is 4. The first-order valence-electron chi connectivity index (χ1n) is 7.83. The van der Waals surface area contributed by atoms with Crippen molar-refractivity contribution >= 4 is 39.9 Å². The van der Waals surface area contributed by atoms with Crippen LogP contribution in [-0.4, -0.2) is 24.6 Å². The van der Waals surface area contributed by atoms with Gasteiger partial charge in [0.1, 0.15) is 5.01 Å². The predicted molar refractivity (Wildman–Crippen MR) is 102 cm³/mol. The zero-order valence-electron chi connectivity index (χ0n) is 13.1. The molecule has 5 nitrogen and oxygen atoms in total. The van der Waals surface area contributed by atoms with Gasteiger partial charge in [-0.2, -0.15) is 0 Å². The standard InChI is InChI=1S/C18H13N5S2/c1-2-6-12(7-3-1)16-19-13(10-24-16)11-25-18-22-21-17-20-14-8-4-5-9-15(14)23(17)18/h1-10H,11H2,(H,20,21). The SMILES string of the molecule is c1ccc(-c2nc(CSc3n[nH]c4nc5ccccc5n34)cs2)cc1. The van der Waals surface area contributed by atoms with Gasteiger partial charge in [0.05, 0.1) is 16.7 Å². The lowest BCUT2D eigenvalue weighted by Gasteiger charge is -1.97. The van der Waals surface area contributed by atoms with Crippen LogP contribution in [-0.2, 0) is 5.75 Å². The number of hydrogen-bond acceptors (Lipinski definition) is 5. The molecule has 0 aliphatic heterocycles. The van der Waals surface area contributed by atoms with Crippen molar-refractivity contribution in [2.75, 3.05) is 0 Å². The van der Waals surface area contributed by atoms with Gasteiger partial charge in [-0.25, -0.2) is 15.1 Å². The summed E-state index contributed by atoms with van der Waals surface area (Å²) in [5.41, 5.74) is 4.26. The Balaban J connectivity index is 1.42. The summed E-state index contributed by atoms with van der Waals surface area (Å²) < 4.78 is 2.06. The monoisotopic (exact) mass is 363 g/mol. The van der Waals surface area contributed by atoms with Crippen molar-refractivity contribution in [3.05, 3.63) is 65.7 Å². The van der Waals surface area contributed by atoms with Crippen LogP contribution in [0.4, 0.5) is 0 Å². The van der Waals surface area contributed by atoms with Gasteiger partial charge in [0, 0.05) is 16.7 Å². The van der Waals surface area contributed by atoms with Gasteiger partial charge in [0.25, 0.3) is 0 Å². The van der Waals surface area contributed by atoms with Crippen molar-refractivity contribution in [2.24, 2.45) is 0 Å². The van der Waals surface area contributed by atoms with Crippen LogP contribution in [0.15, 0.2) is 65.1 Å². The second-order valence-corrected chi connectivity index (χ2v) is 7.37. The number of nitrogens with one attached hydrogen (secondary N) is 1. The minimum Gasteiger partial charge on any atom is -0.254 e. The summed E-state index contributed by atoms with van der Waals surface area (Å²) in [6.07, 6.45) is 0. The Hall–Kier alpha value is -2.64. The molecule has 5 aromatic rings. The third kappa shape index (κ3) is 2.61. The zero-order valence-corrected chi connectivity index (χ0v) is 14.7. The third-order valence-corrected chi connectivity index (χ3v) is 5.84. The van der Waals surface area contributed by atoms with E-state index in [0.717, 1.165) is 44.0 Å². The number of fused-ring (bicyclic) bond motifs is 3. The predicted octanol–water partition coefficient (Wildman–Crippen LogP) is 4.63. The second-order valence-electron chi connectivity index (χ2n) is 5.56. The summed E-state index contributed by atoms with van der Waals surface area (Å²) in [5, 5.41) is 11.5. The average Bonchev–Trinajstić information content (AvgIpc) is 3.36. The number of thiazole rings is 1. The van der Waals surface area contributed by atoms with Gasteiger partial charge >= 0.3 is 0 Å². The molecule has 0 saturated heterocycles. The molecule has 122 valence electrons. The van der Waals surface area contributed by atoms with Crippen molar-refractivity contribution in [3.8, 4) is 10.6 Å². The highest BCUT2D eigenvalue weighted by Crippen LogP contribution is 2.28. The van der Waals surface area contributed by atoms with Crippen molar-refractivity contribution in [3.63, 3.8) is 0 Å². The molecule has 0 fully saturated rings. The Morgan fingerprint density at radius 1 is 1.00 bits per heavy atom. The van der Waals surface area contributed by atoms with Crippen molar-refractivity contribution < 1.29 is 0 Å². The lowest BCUT2D eigenvalue weighted by Crippen LogP contribution is -1.87. The number of para-hydroxylation sites is 2.